The molecule has 0 aromatic heterocycles. The Morgan fingerprint density at radius 1 is 0.781 bits per heavy atom. The minimum Gasteiger partial charge on any atom is -0.297 e. The smallest absolute Gasteiger partial charge is 0.123 e. The number of piperazine rings is 1. The SMILES string of the molecule is Fc1ccc(C2CC(N3CCN(C/C=C/c4ccccc4)CC3)c3cc(F)ccc32)cc1. The average molecular weight is 431 g/mol. The first kappa shape index (κ1) is 21.0. The Labute approximate surface area is 188 Å². The number of hydrogen-bond donors (Lipinski definition) is 0. The van der Waals surface area contributed by atoms with Crippen LogP contribution in [0.5, 0.6) is 0 Å². The Hall–Kier alpha value is -2.82. The van der Waals surface area contributed by atoms with E-state index in [4.69, 9.17) is 0 Å². The van der Waals surface area contributed by atoms with Crippen molar-refractivity contribution in [3.63, 3.8) is 0 Å². The normalized spacial score (nSPS) is 21.8. The maximum absolute atomic E-state index is 14.1. The highest BCUT2D eigenvalue weighted by atomic mass is 19.1. The first-order valence-electron chi connectivity index (χ1n) is 11.4. The van der Waals surface area contributed by atoms with Crippen LogP contribution in [-0.2, 0) is 0 Å². The molecule has 4 heteroatoms. The second kappa shape index (κ2) is 9.35. The number of fused-ring (bicyclic) bond motifs is 1. The van der Waals surface area contributed by atoms with Crippen molar-refractivity contribution in [2.45, 2.75) is 18.4 Å². The molecule has 0 saturated carbocycles. The number of rotatable bonds is 5. The molecule has 3 aromatic carbocycles. The molecule has 2 atom stereocenters. The van der Waals surface area contributed by atoms with Gasteiger partial charge in [0.2, 0.25) is 0 Å². The van der Waals surface area contributed by atoms with E-state index in [1.165, 1.54) is 23.3 Å². The lowest BCUT2D eigenvalue weighted by Gasteiger charge is -2.38. The standard InChI is InChI=1S/C28H28F2N2/c29-23-10-8-22(9-11-23)26-20-28(27-19-24(30)12-13-25(26)27)32-17-15-31(16-18-32)14-4-7-21-5-2-1-3-6-21/h1-13,19,26,28H,14-18,20H2/b7-4+. The van der Waals surface area contributed by atoms with Gasteiger partial charge in [-0.15, -0.1) is 0 Å². The molecule has 2 nitrogen and oxygen atoms in total. The summed E-state index contributed by atoms with van der Waals surface area (Å²) in [6, 6.07) is 22.5. The van der Waals surface area contributed by atoms with Crippen molar-refractivity contribution in [2.24, 2.45) is 0 Å². The third kappa shape index (κ3) is 4.52. The van der Waals surface area contributed by atoms with Gasteiger partial charge in [-0.05, 0) is 52.9 Å². The molecule has 0 bridgehead atoms. The lowest BCUT2D eigenvalue weighted by atomic mass is 9.93. The van der Waals surface area contributed by atoms with E-state index >= 15 is 0 Å². The summed E-state index contributed by atoms with van der Waals surface area (Å²) >= 11 is 0. The first-order valence-corrected chi connectivity index (χ1v) is 11.4. The molecule has 1 aliphatic carbocycles. The molecule has 0 N–H and O–H groups in total. The summed E-state index contributed by atoms with van der Waals surface area (Å²) in [5.41, 5.74) is 4.60. The van der Waals surface area contributed by atoms with Crippen LogP contribution in [-0.4, -0.2) is 42.5 Å². The molecule has 1 heterocycles. The minimum atomic E-state index is -0.222. The van der Waals surface area contributed by atoms with Crippen LogP contribution in [0.25, 0.3) is 6.08 Å². The van der Waals surface area contributed by atoms with Crippen molar-refractivity contribution >= 4 is 6.08 Å². The Bertz CT molecular complexity index is 1070. The molecule has 32 heavy (non-hydrogen) atoms. The molecular weight excluding hydrogens is 402 g/mol. The third-order valence-electron chi connectivity index (χ3n) is 6.84. The van der Waals surface area contributed by atoms with Gasteiger partial charge in [0.25, 0.3) is 0 Å². The Morgan fingerprint density at radius 2 is 1.50 bits per heavy atom. The summed E-state index contributed by atoms with van der Waals surface area (Å²) in [4.78, 5) is 4.97. The Balaban J connectivity index is 1.26. The molecule has 164 valence electrons. The lowest BCUT2D eigenvalue weighted by molar-refractivity contribution is 0.102. The summed E-state index contributed by atoms with van der Waals surface area (Å²) in [6.45, 7) is 4.88. The van der Waals surface area contributed by atoms with E-state index in [1.807, 2.05) is 24.3 Å². The predicted octanol–water partition coefficient (Wildman–Crippen LogP) is 5.87. The zero-order valence-corrected chi connectivity index (χ0v) is 18.1. The van der Waals surface area contributed by atoms with E-state index < -0.39 is 0 Å². The summed E-state index contributed by atoms with van der Waals surface area (Å²) in [6.07, 6.45) is 5.32. The minimum absolute atomic E-state index is 0.182. The highest BCUT2D eigenvalue weighted by molar-refractivity contribution is 5.49. The van der Waals surface area contributed by atoms with E-state index in [0.29, 0.717) is 0 Å². The van der Waals surface area contributed by atoms with Crippen LogP contribution < -0.4 is 0 Å². The van der Waals surface area contributed by atoms with Crippen LogP contribution in [0.15, 0.2) is 78.9 Å². The highest BCUT2D eigenvalue weighted by Gasteiger charge is 2.36. The van der Waals surface area contributed by atoms with Gasteiger partial charge in [0.05, 0.1) is 0 Å². The Kier molecular flexibility index (Phi) is 6.15. The van der Waals surface area contributed by atoms with Gasteiger partial charge in [-0.25, -0.2) is 8.78 Å². The van der Waals surface area contributed by atoms with Gasteiger partial charge in [0.15, 0.2) is 0 Å². The number of hydrogen-bond acceptors (Lipinski definition) is 2. The van der Waals surface area contributed by atoms with Crippen LogP contribution in [0.4, 0.5) is 8.78 Å². The van der Waals surface area contributed by atoms with Gasteiger partial charge in [0, 0.05) is 44.7 Å². The van der Waals surface area contributed by atoms with Crippen molar-refractivity contribution < 1.29 is 8.78 Å². The quantitative estimate of drug-likeness (QED) is 0.499. The molecule has 3 aromatic rings. The fourth-order valence-corrected chi connectivity index (χ4v) is 5.14. The topological polar surface area (TPSA) is 6.48 Å². The predicted molar refractivity (Wildman–Crippen MR) is 125 cm³/mol. The van der Waals surface area contributed by atoms with Crippen molar-refractivity contribution in [2.75, 3.05) is 32.7 Å². The molecule has 0 amide bonds. The maximum atomic E-state index is 14.1. The third-order valence-corrected chi connectivity index (χ3v) is 6.84. The highest BCUT2D eigenvalue weighted by Crippen LogP contribution is 2.47. The summed E-state index contributed by atoms with van der Waals surface area (Å²) in [5, 5.41) is 0. The molecule has 1 fully saturated rings. The van der Waals surface area contributed by atoms with Gasteiger partial charge in [0.1, 0.15) is 11.6 Å². The monoisotopic (exact) mass is 430 g/mol. The van der Waals surface area contributed by atoms with Crippen LogP contribution in [0.1, 0.15) is 40.6 Å². The maximum Gasteiger partial charge on any atom is 0.123 e. The van der Waals surface area contributed by atoms with Crippen molar-refractivity contribution in [3.05, 3.63) is 113 Å². The molecule has 1 aliphatic heterocycles. The van der Waals surface area contributed by atoms with E-state index in [9.17, 15) is 8.78 Å². The van der Waals surface area contributed by atoms with Gasteiger partial charge >= 0.3 is 0 Å². The molecule has 0 spiro atoms. The number of benzene rings is 3. The summed E-state index contributed by atoms with van der Waals surface area (Å²) < 4.78 is 27.6. The van der Waals surface area contributed by atoms with Crippen LogP contribution in [0, 0.1) is 11.6 Å². The van der Waals surface area contributed by atoms with Crippen molar-refractivity contribution in [1.82, 2.24) is 9.80 Å². The lowest BCUT2D eigenvalue weighted by Crippen LogP contribution is -2.47. The molecule has 2 unspecified atom stereocenters. The van der Waals surface area contributed by atoms with E-state index in [0.717, 1.165) is 50.3 Å². The molecule has 2 aliphatic rings. The van der Waals surface area contributed by atoms with Crippen LogP contribution in [0.3, 0.4) is 0 Å². The van der Waals surface area contributed by atoms with E-state index in [2.05, 4.69) is 46.2 Å². The summed E-state index contributed by atoms with van der Waals surface area (Å²) in [5.74, 6) is -0.221. The number of nitrogens with zero attached hydrogens (tertiary/aromatic N) is 2. The van der Waals surface area contributed by atoms with Gasteiger partial charge in [-0.2, -0.15) is 0 Å². The average Bonchev–Trinajstić information content (AvgIpc) is 3.19. The van der Waals surface area contributed by atoms with E-state index in [1.54, 1.807) is 12.1 Å². The van der Waals surface area contributed by atoms with Gasteiger partial charge < -0.3 is 0 Å². The zero-order valence-electron chi connectivity index (χ0n) is 18.1. The van der Waals surface area contributed by atoms with Crippen LogP contribution >= 0.6 is 0 Å². The Morgan fingerprint density at radius 3 is 2.25 bits per heavy atom. The summed E-state index contributed by atoms with van der Waals surface area (Å²) in [7, 11) is 0. The molecule has 5 rings (SSSR count). The molecular formula is C28H28F2N2. The van der Waals surface area contributed by atoms with Crippen molar-refractivity contribution in [3.8, 4) is 0 Å². The van der Waals surface area contributed by atoms with Crippen molar-refractivity contribution in [1.29, 1.82) is 0 Å². The first-order chi connectivity index (χ1) is 15.7. The largest absolute Gasteiger partial charge is 0.297 e. The molecule has 1 saturated heterocycles. The van der Waals surface area contributed by atoms with Crippen LogP contribution in [0.2, 0.25) is 0 Å². The second-order valence-corrected chi connectivity index (χ2v) is 8.78. The van der Waals surface area contributed by atoms with Gasteiger partial charge in [-0.3, -0.25) is 9.80 Å². The zero-order chi connectivity index (χ0) is 21.9. The molecule has 0 radical (unpaired) electrons. The fourth-order valence-electron chi connectivity index (χ4n) is 5.14. The number of halogens is 2. The fraction of sp³-hybridized carbons (Fsp3) is 0.286. The van der Waals surface area contributed by atoms with Gasteiger partial charge in [-0.1, -0.05) is 60.7 Å². The second-order valence-electron chi connectivity index (χ2n) is 8.78. The van der Waals surface area contributed by atoms with E-state index in [-0.39, 0.29) is 23.6 Å².